The smallest absolute Gasteiger partial charge is 0.180 e. The van der Waals surface area contributed by atoms with Gasteiger partial charge in [0.1, 0.15) is 11.3 Å². The second-order valence-electron chi connectivity index (χ2n) is 5.86. The van der Waals surface area contributed by atoms with Crippen LogP contribution in [0, 0.1) is 0 Å². The molecule has 1 atom stereocenters. The van der Waals surface area contributed by atoms with E-state index in [1.807, 2.05) is 12.1 Å². The molecule has 3 heterocycles. The Kier molecular flexibility index (Phi) is 3.86. The van der Waals surface area contributed by atoms with Gasteiger partial charge in [-0.05, 0) is 24.1 Å². The largest absolute Gasteiger partial charge is 0.354 e. The minimum Gasteiger partial charge on any atom is -0.354 e. The van der Waals surface area contributed by atoms with Crippen molar-refractivity contribution in [2.24, 2.45) is 0 Å². The van der Waals surface area contributed by atoms with Gasteiger partial charge in [-0.15, -0.1) is 0 Å². The Balaban J connectivity index is 1.51. The van der Waals surface area contributed by atoms with Gasteiger partial charge >= 0.3 is 0 Å². The lowest BCUT2D eigenvalue weighted by Crippen LogP contribution is -2.51. The van der Waals surface area contributed by atoms with Gasteiger partial charge in [-0.25, -0.2) is 9.97 Å². The zero-order valence-corrected chi connectivity index (χ0v) is 12.9. The number of piperazine rings is 1. The van der Waals surface area contributed by atoms with Crippen LogP contribution in [0.5, 0.6) is 0 Å². The molecule has 0 radical (unpaired) electrons. The number of nitrogens with one attached hydrogen (secondary N) is 1. The lowest BCUT2D eigenvalue weighted by atomic mass is 10.0. The normalized spacial score (nSPS) is 18.3. The average Bonchev–Trinajstić information content (AvgIpc) is 2.62. The number of hydrogen-bond donors (Lipinski definition) is 1. The number of rotatable bonds is 3. The van der Waals surface area contributed by atoms with E-state index < -0.39 is 0 Å². The first-order valence-electron chi connectivity index (χ1n) is 7.98. The van der Waals surface area contributed by atoms with Crippen LogP contribution in [0.15, 0.2) is 54.9 Å². The van der Waals surface area contributed by atoms with Crippen LogP contribution in [-0.2, 0) is 6.42 Å². The molecule has 1 aromatic carbocycles. The molecule has 5 nitrogen and oxygen atoms in total. The molecule has 0 spiro atoms. The summed E-state index contributed by atoms with van der Waals surface area (Å²) in [7, 11) is 0. The highest BCUT2D eigenvalue weighted by Crippen LogP contribution is 2.17. The summed E-state index contributed by atoms with van der Waals surface area (Å²) in [6, 6.07) is 15.1. The Morgan fingerprint density at radius 2 is 1.91 bits per heavy atom. The first kappa shape index (κ1) is 14.1. The van der Waals surface area contributed by atoms with Gasteiger partial charge in [0.25, 0.3) is 0 Å². The quantitative estimate of drug-likeness (QED) is 0.802. The minimum absolute atomic E-state index is 0.436. The maximum atomic E-state index is 4.66. The fourth-order valence-corrected chi connectivity index (χ4v) is 3.09. The summed E-state index contributed by atoms with van der Waals surface area (Å²) in [6.07, 6.45) is 4.42. The lowest BCUT2D eigenvalue weighted by molar-refractivity contribution is 0.453. The molecule has 23 heavy (non-hydrogen) atoms. The van der Waals surface area contributed by atoms with Gasteiger partial charge in [-0.3, -0.25) is 4.98 Å². The third-order valence-corrected chi connectivity index (χ3v) is 4.22. The van der Waals surface area contributed by atoms with E-state index in [0.29, 0.717) is 11.7 Å². The maximum absolute atomic E-state index is 4.66. The molecular formula is C18H19N5. The van der Waals surface area contributed by atoms with Crippen molar-refractivity contribution in [2.75, 3.05) is 24.5 Å². The van der Waals surface area contributed by atoms with Crippen molar-refractivity contribution in [1.29, 1.82) is 0 Å². The summed E-state index contributed by atoms with van der Waals surface area (Å²) >= 11 is 0. The van der Waals surface area contributed by atoms with Crippen molar-refractivity contribution < 1.29 is 0 Å². The number of anilines is 1. The molecule has 3 aromatic rings. The van der Waals surface area contributed by atoms with Crippen molar-refractivity contribution in [1.82, 2.24) is 20.3 Å². The average molecular weight is 305 g/mol. The van der Waals surface area contributed by atoms with Gasteiger partial charge in [-0.2, -0.15) is 0 Å². The first-order valence-corrected chi connectivity index (χ1v) is 7.98. The molecule has 0 amide bonds. The van der Waals surface area contributed by atoms with Crippen LogP contribution in [0.25, 0.3) is 11.2 Å². The molecule has 116 valence electrons. The maximum Gasteiger partial charge on any atom is 0.180 e. The van der Waals surface area contributed by atoms with Gasteiger partial charge in [-0.1, -0.05) is 30.3 Å². The predicted octanol–water partition coefficient (Wildman–Crippen LogP) is 2.05. The second-order valence-corrected chi connectivity index (χ2v) is 5.86. The monoisotopic (exact) mass is 305 g/mol. The van der Waals surface area contributed by atoms with Crippen LogP contribution in [0.4, 0.5) is 5.82 Å². The van der Waals surface area contributed by atoms with Crippen LogP contribution >= 0.6 is 0 Å². The van der Waals surface area contributed by atoms with Crippen molar-refractivity contribution in [2.45, 2.75) is 12.5 Å². The summed E-state index contributed by atoms with van der Waals surface area (Å²) in [4.78, 5) is 15.6. The molecule has 4 rings (SSSR count). The molecule has 1 aliphatic rings. The highest BCUT2D eigenvalue weighted by molar-refractivity contribution is 5.71. The van der Waals surface area contributed by atoms with Crippen molar-refractivity contribution >= 4 is 17.0 Å². The molecule has 2 aromatic heterocycles. The van der Waals surface area contributed by atoms with Crippen molar-refractivity contribution in [3.05, 3.63) is 60.4 Å². The van der Waals surface area contributed by atoms with E-state index in [2.05, 4.69) is 55.5 Å². The Hall–Kier alpha value is -2.53. The fourth-order valence-electron chi connectivity index (χ4n) is 3.09. The Labute approximate surface area is 135 Å². The zero-order valence-electron chi connectivity index (χ0n) is 12.9. The van der Waals surface area contributed by atoms with Gasteiger partial charge in [0.05, 0.1) is 0 Å². The number of benzene rings is 1. The molecule has 1 fully saturated rings. The Bertz CT molecular complexity index is 790. The molecule has 1 N–H and O–H groups in total. The number of fused-ring (bicyclic) bond motifs is 1. The van der Waals surface area contributed by atoms with Crippen LogP contribution in [0.3, 0.4) is 0 Å². The molecule has 1 unspecified atom stereocenters. The molecular weight excluding hydrogens is 286 g/mol. The number of hydrogen-bond acceptors (Lipinski definition) is 5. The molecule has 1 saturated heterocycles. The third-order valence-electron chi connectivity index (χ3n) is 4.22. The molecule has 5 heteroatoms. The molecule has 1 aliphatic heterocycles. The zero-order chi connectivity index (χ0) is 15.5. The highest BCUT2D eigenvalue weighted by atomic mass is 15.2. The third kappa shape index (κ3) is 3.14. The van der Waals surface area contributed by atoms with Crippen molar-refractivity contribution in [3.63, 3.8) is 0 Å². The highest BCUT2D eigenvalue weighted by Gasteiger charge is 2.20. The van der Waals surface area contributed by atoms with Gasteiger partial charge in [0.2, 0.25) is 0 Å². The topological polar surface area (TPSA) is 53.9 Å². The first-order chi connectivity index (χ1) is 11.4. The van der Waals surface area contributed by atoms with Crippen molar-refractivity contribution in [3.8, 4) is 0 Å². The molecule has 0 saturated carbocycles. The number of nitrogens with zero attached hydrogens (tertiary/aromatic N) is 4. The van der Waals surface area contributed by atoms with E-state index >= 15 is 0 Å². The fraction of sp³-hybridized carbons (Fsp3) is 0.278. The van der Waals surface area contributed by atoms with Gasteiger partial charge in [0, 0.05) is 38.1 Å². The summed E-state index contributed by atoms with van der Waals surface area (Å²) in [5.41, 5.74) is 2.92. The van der Waals surface area contributed by atoms with Crippen LogP contribution in [0.1, 0.15) is 5.56 Å². The lowest BCUT2D eigenvalue weighted by Gasteiger charge is -2.34. The predicted molar refractivity (Wildman–Crippen MR) is 91.5 cm³/mol. The van der Waals surface area contributed by atoms with Crippen LogP contribution in [-0.4, -0.2) is 40.6 Å². The van der Waals surface area contributed by atoms with Crippen LogP contribution in [0.2, 0.25) is 0 Å². The number of aromatic nitrogens is 3. The molecule has 0 bridgehead atoms. The van der Waals surface area contributed by atoms with E-state index in [9.17, 15) is 0 Å². The van der Waals surface area contributed by atoms with Crippen LogP contribution < -0.4 is 10.2 Å². The SMILES string of the molecule is c1ccc(CC2CN(c3ccc4nccnc4n3)CCN2)cc1. The van der Waals surface area contributed by atoms with E-state index in [1.54, 1.807) is 12.4 Å². The summed E-state index contributed by atoms with van der Waals surface area (Å²) in [5.74, 6) is 0.984. The summed E-state index contributed by atoms with van der Waals surface area (Å²) in [5, 5.41) is 3.61. The second kappa shape index (κ2) is 6.30. The van der Waals surface area contributed by atoms with Gasteiger partial charge in [0.15, 0.2) is 5.65 Å². The minimum atomic E-state index is 0.436. The molecule has 0 aliphatic carbocycles. The Morgan fingerprint density at radius 1 is 1.04 bits per heavy atom. The summed E-state index contributed by atoms with van der Waals surface area (Å²) in [6.45, 7) is 2.88. The van der Waals surface area contributed by atoms with E-state index in [4.69, 9.17) is 0 Å². The Morgan fingerprint density at radius 3 is 2.83 bits per heavy atom. The summed E-state index contributed by atoms with van der Waals surface area (Å²) < 4.78 is 0. The van der Waals surface area contributed by atoms with E-state index in [1.165, 1.54) is 5.56 Å². The van der Waals surface area contributed by atoms with E-state index in [0.717, 1.165) is 37.4 Å². The van der Waals surface area contributed by atoms with E-state index in [-0.39, 0.29) is 0 Å². The number of pyridine rings is 1. The standard InChI is InChI=1S/C18H19N5/c1-2-4-14(5-3-1)12-15-13-23(11-10-19-15)17-7-6-16-18(22-17)21-9-8-20-16/h1-9,15,19H,10-13H2. The van der Waals surface area contributed by atoms with Gasteiger partial charge < -0.3 is 10.2 Å².